The molecule has 0 aromatic heterocycles. The summed E-state index contributed by atoms with van der Waals surface area (Å²) in [4.78, 5) is 29.1. The Labute approximate surface area is 163 Å². The molecule has 2 fully saturated rings. The molecule has 1 aliphatic heterocycles. The molecule has 148 valence electrons. The summed E-state index contributed by atoms with van der Waals surface area (Å²) in [5.41, 5.74) is 1.44. The fourth-order valence-corrected chi connectivity index (χ4v) is 4.70. The van der Waals surface area contributed by atoms with E-state index in [1.165, 1.54) is 5.56 Å². The topological polar surface area (TPSA) is 40.6 Å². The molecule has 0 bridgehead atoms. The molecule has 1 aromatic rings. The van der Waals surface area contributed by atoms with Gasteiger partial charge in [0.15, 0.2) is 0 Å². The molecule has 0 atom stereocenters. The van der Waals surface area contributed by atoms with Crippen molar-refractivity contribution >= 4 is 11.8 Å². The summed E-state index contributed by atoms with van der Waals surface area (Å²) in [7, 11) is 1.99. The molecule has 1 saturated heterocycles. The monoisotopic (exact) mass is 370 g/mol. The van der Waals surface area contributed by atoms with E-state index in [9.17, 15) is 9.59 Å². The maximum Gasteiger partial charge on any atom is 0.225 e. The highest BCUT2D eigenvalue weighted by atomic mass is 16.2. The Hall–Kier alpha value is -1.84. The number of likely N-dealkylation sites (tertiary alicyclic amines) is 1. The number of nitrogens with zero attached hydrogens (tertiary/aromatic N) is 2. The molecule has 1 saturated carbocycles. The zero-order chi connectivity index (χ0) is 19.4. The molecule has 2 amide bonds. The SMILES string of the molecule is CC(C)C(=O)N1CCC(C(=O)N(C)C2CCC(c3ccccc3)CC2)CC1. The van der Waals surface area contributed by atoms with Crippen LogP contribution in [0.1, 0.15) is 63.9 Å². The molecule has 1 heterocycles. The fourth-order valence-electron chi connectivity index (χ4n) is 4.70. The van der Waals surface area contributed by atoms with Crippen molar-refractivity contribution in [3.63, 3.8) is 0 Å². The van der Waals surface area contributed by atoms with Gasteiger partial charge in [0.1, 0.15) is 0 Å². The van der Waals surface area contributed by atoms with Crippen LogP contribution in [-0.4, -0.2) is 47.8 Å². The first-order valence-corrected chi connectivity index (χ1v) is 10.6. The highest BCUT2D eigenvalue weighted by Gasteiger charge is 2.33. The van der Waals surface area contributed by atoms with Crippen molar-refractivity contribution in [1.82, 2.24) is 9.80 Å². The van der Waals surface area contributed by atoms with Gasteiger partial charge in [-0.25, -0.2) is 0 Å². The minimum Gasteiger partial charge on any atom is -0.343 e. The molecule has 4 nitrogen and oxygen atoms in total. The molecule has 2 aliphatic rings. The summed E-state index contributed by atoms with van der Waals surface area (Å²) in [6, 6.07) is 11.1. The zero-order valence-electron chi connectivity index (χ0n) is 17.1. The third-order valence-corrected chi connectivity index (χ3v) is 6.51. The number of rotatable bonds is 4. The standard InChI is InChI=1S/C23H34N2O2/c1-17(2)22(26)25-15-13-20(14-16-25)23(27)24(3)21-11-9-19(10-12-21)18-7-5-4-6-8-18/h4-8,17,19-21H,9-16H2,1-3H3. The first kappa shape index (κ1) is 19.9. The lowest BCUT2D eigenvalue weighted by Gasteiger charge is -2.39. The summed E-state index contributed by atoms with van der Waals surface area (Å²) in [5, 5.41) is 0. The molecular weight excluding hydrogens is 336 g/mol. The van der Waals surface area contributed by atoms with E-state index < -0.39 is 0 Å². The van der Waals surface area contributed by atoms with Crippen LogP contribution >= 0.6 is 0 Å². The predicted molar refractivity (Wildman–Crippen MR) is 108 cm³/mol. The van der Waals surface area contributed by atoms with Crippen LogP contribution in [0.25, 0.3) is 0 Å². The lowest BCUT2D eigenvalue weighted by Crippen LogP contribution is -2.47. The lowest BCUT2D eigenvalue weighted by molar-refractivity contribution is -0.143. The van der Waals surface area contributed by atoms with E-state index in [1.54, 1.807) is 0 Å². The second-order valence-corrected chi connectivity index (χ2v) is 8.62. The maximum absolute atomic E-state index is 13.0. The maximum atomic E-state index is 13.0. The summed E-state index contributed by atoms with van der Waals surface area (Å²) in [6.07, 6.45) is 6.11. The summed E-state index contributed by atoms with van der Waals surface area (Å²) >= 11 is 0. The lowest BCUT2D eigenvalue weighted by atomic mass is 9.81. The molecule has 0 N–H and O–H groups in total. The van der Waals surface area contributed by atoms with Crippen molar-refractivity contribution < 1.29 is 9.59 Å². The molecule has 1 aromatic carbocycles. The molecule has 27 heavy (non-hydrogen) atoms. The van der Waals surface area contributed by atoms with Crippen LogP contribution in [0.5, 0.6) is 0 Å². The number of benzene rings is 1. The van der Waals surface area contributed by atoms with Crippen LogP contribution < -0.4 is 0 Å². The van der Waals surface area contributed by atoms with Gasteiger partial charge in [-0.05, 0) is 50.0 Å². The Kier molecular flexibility index (Phi) is 6.56. The number of amides is 2. The third-order valence-electron chi connectivity index (χ3n) is 6.51. The Balaban J connectivity index is 1.48. The van der Waals surface area contributed by atoms with Crippen LogP contribution in [0.2, 0.25) is 0 Å². The number of hydrogen-bond donors (Lipinski definition) is 0. The smallest absolute Gasteiger partial charge is 0.225 e. The van der Waals surface area contributed by atoms with E-state index >= 15 is 0 Å². The van der Waals surface area contributed by atoms with Gasteiger partial charge in [0.2, 0.25) is 11.8 Å². The average molecular weight is 371 g/mol. The Morgan fingerprint density at radius 2 is 1.56 bits per heavy atom. The molecule has 3 rings (SSSR count). The van der Waals surface area contributed by atoms with E-state index in [0.29, 0.717) is 12.0 Å². The highest BCUT2D eigenvalue weighted by Crippen LogP contribution is 2.35. The largest absolute Gasteiger partial charge is 0.343 e. The molecule has 0 spiro atoms. The van der Waals surface area contributed by atoms with Gasteiger partial charge >= 0.3 is 0 Å². The third kappa shape index (κ3) is 4.72. The average Bonchev–Trinajstić information content (AvgIpc) is 2.73. The van der Waals surface area contributed by atoms with E-state index in [0.717, 1.165) is 51.6 Å². The number of piperidine rings is 1. The van der Waals surface area contributed by atoms with Crippen molar-refractivity contribution in [3.8, 4) is 0 Å². The van der Waals surface area contributed by atoms with Crippen molar-refractivity contribution in [2.24, 2.45) is 11.8 Å². The summed E-state index contributed by atoms with van der Waals surface area (Å²) < 4.78 is 0. The second-order valence-electron chi connectivity index (χ2n) is 8.62. The van der Waals surface area contributed by atoms with Gasteiger partial charge in [0, 0.05) is 38.0 Å². The van der Waals surface area contributed by atoms with E-state index in [1.807, 2.05) is 30.7 Å². The van der Waals surface area contributed by atoms with Gasteiger partial charge in [-0.15, -0.1) is 0 Å². The van der Waals surface area contributed by atoms with Crippen molar-refractivity contribution in [2.75, 3.05) is 20.1 Å². The predicted octanol–water partition coefficient (Wildman–Crippen LogP) is 4.07. The van der Waals surface area contributed by atoms with Gasteiger partial charge in [-0.1, -0.05) is 44.2 Å². The fraction of sp³-hybridized carbons (Fsp3) is 0.652. The highest BCUT2D eigenvalue weighted by molar-refractivity contribution is 5.81. The van der Waals surface area contributed by atoms with E-state index in [-0.39, 0.29) is 23.7 Å². The molecule has 0 radical (unpaired) electrons. The van der Waals surface area contributed by atoms with Gasteiger partial charge in [-0.3, -0.25) is 9.59 Å². The van der Waals surface area contributed by atoms with Crippen LogP contribution in [0, 0.1) is 11.8 Å². The first-order chi connectivity index (χ1) is 13.0. The Bertz CT molecular complexity index is 627. The quantitative estimate of drug-likeness (QED) is 0.802. The van der Waals surface area contributed by atoms with Crippen molar-refractivity contribution in [1.29, 1.82) is 0 Å². The molecule has 1 aliphatic carbocycles. The number of hydrogen-bond acceptors (Lipinski definition) is 2. The zero-order valence-corrected chi connectivity index (χ0v) is 17.1. The normalized spacial score (nSPS) is 24.1. The van der Waals surface area contributed by atoms with Gasteiger partial charge in [0.25, 0.3) is 0 Å². The summed E-state index contributed by atoms with van der Waals surface area (Å²) in [5.74, 6) is 1.26. The minimum absolute atomic E-state index is 0.0414. The van der Waals surface area contributed by atoms with Crippen LogP contribution in [0.15, 0.2) is 30.3 Å². The summed E-state index contributed by atoms with van der Waals surface area (Å²) in [6.45, 7) is 5.34. The van der Waals surface area contributed by atoms with Crippen LogP contribution in [0.3, 0.4) is 0 Å². The Morgan fingerprint density at radius 1 is 0.963 bits per heavy atom. The molecule has 0 unspecified atom stereocenters. The molecule has 4 heteroatoms. The van der Waals surface area contributed by atoms with E-state index in [4.69, 9.17) is 0 Å². The van der Waals surface area contributed by atoms with Gasteiger partial charge < -0.3 is 9.80 Å². The van der Waals surface area contributed by atoms with Crippen molar-refractivity contribution in [3.05, 3.63) is 35.9 Å². The first-order valence-electron chi connectivity index (χ1n) is 10.6. The Morgan fingerprint density at radius 3 is 2.11 bits per heavy atom. The number of carbonyl (C=O) groups excluding carboxylic acids is 2. The van der Waals surface area contributed by atoms with Crippen LogP contribution in [0.4, 0.5) is 0 Å². The van der Waals surface area contributed by atoms with Crippen molar-refractivity contribution in [2.45, 2.75) is 64.3 Å². The second kappa shape index (κ2) is 8.90. The van der Waals surface area contributed by atoms with Gasteiger partial charge in [0.05, 0.1) is 0 Å². The van der Waals surface area contributed by atoms with Gasteiger partial charge in [-0.2, -0.15) is 0 Å². The van der Waals surface area contributed by atoms with E-state index in [2.05, 4.69) is 30.3 Å². The minimum atomic E-state index is 0.0414. The van der Waals surface area contributed by atoms with Crippen LogP contribution in [-0.2, 0) is 9.59 Å². The number of carbonyl (C=O) groups is 2. The molecular formula is C23H34N2O2.